The van der Waals surface area contributed by atoms with E-state index in [0.717, 1.165) is 25.7 Å². The van der Waals surface area contributed by atoms with Gasteiger partial charge in [-0.2, -0.15) is 0 Å². The molecule has 0 aromatic rings. The normalized spacial score (nSPS) is 31.8. The third-order valence-corrected chi connectivity index (χ3v) is 6.83. The van der Waals surface area contributed by atoms with Gasteiger partial charge in [0.2, 0.25) is 0 Å². The smallest absolute Gasteiger partial charge is 0.303 e. The van der Waals surface area contributed by atoms with E-state index in [2.05, 4.69) is 6.92 Å². The molecule has 104 valence electrons. The highest BCUT2D eigenvalue weighted by atomic mass is 32.2. The predicted octanol–water partition coefficient (Wildman–Crippen LogP) is 2.96. The summed E-state index contributed by atoms with van der Waals surface area (Å²) in [6.07, 6.45) is 7.98. The third kappa shape index (κ3) is 3.34. The van der Waals surface area contributed by atoms with E-state index in [9.17, 15) is 9.00 Å². The maximum absolute atomic E-state index is 12.5. The van der Waals surface area contributed by atoms with Crippen molar-refractivity contribution in [3.8, 4) is 0 Å². The molecule has 0 aromatic heterocycles. The Hall–Kier alpha value is -0.380. The molecular weight excluding hydrogens is 248 g/mol. The highest BCUT2D eigenvalue weighted by Gasteiger charge is 2.47. The largest absolute Gasteiger partial charge is 0.481 e. The second kappa shape index (κ2) is 5.72. The average molecular weight is 272 g/mol. The summed E-state index contributed by atoms with van der Waals surface area (Å²) >= 11 is 0. The first-order valence-corrected chi connectivity index (χ1v) is 8.53. The highest BCUT2D eigenvalue weighted by molar-refractivity contribution is 7.85. The molecule has 0 aliphatic heterocycles. The van der Waals surface area contributed by atoms with E-state index in [1.54, 1.807) is 0 Å². The zero-order valence-electron chi connectivity index (χ0n) is 11.2. The lowest BCUT2D eigenvalue weighted by molar-refractivity contribution is -0.138. The molecule has 0 saturated heterocycles. The number of carboxylic acids is 1. The van der Waals surface area contributed by atoms with Crippen molar-refractivity contribution in [1.82, 2.24) is 0 Å². The van der Waals surface area contributed by atoms with Gasteiger partial charge in [-0.25, -0.2) is 0 Å². The Balaban J connectivity index is 1.92. The van der Waals surface area contributed by atoms with Crippen molar-refractivity contribution < 1.29 is 14.1 Å². The van der Waals surface area contributed by atoms with E-state index < -0.39 is 16.8 Å². The molecule has 2 aliphatic carbocycles. The van der Waals surface area contributed by atoms with E-state index in [1.165, 1.54) is 19.3 Å². The molecule has 2 aliphatic rings. The van der Waals surface area contributed by atoms with E-state index >= 15 is 0 Å². The van der Waals surface area contributed by atoms with E-state index in [1.807, 2.05) is 0 Å². The second-order valence-corrected chi connectivity index (χ2v) is 7.74. The van der Waals surface area contributed by atoms with Crippen LogP contribution in [0.15, 0.2) is 0 Å². The minimum Gasteiger partial charge on any atom is -0.481 e. The Kier molecular flexibility index (Phi) is 4.46. The number of carboxylic acid groups (broad SMARTS) is 1. The molecule has 0 amide bonds. The Morgan fingerprint density at radius 1 is 1.33 bits per heavy atom. The fourth-order valence-corrected chi connectivity index (χ4v) is 5.66. The summed E-state index contributed by atoms with van der Waals surface area (Å²) in [7, 11) is -0.823. The number of rotatable bonds is 6. The summed E-state index contributed by atoms with van der Waals surface area (Å²) in [5.41, 5.74) is -0.119. The molecule has 1 N–H and O–H groups in total. The molecule has 0 aromatic carbocycles. The van der Waals surface area contributed by atoms with Gasteiger partial charge in [0.15, 0.2) is 0 Å². The molecule has 3 nitrogen and oxygen atoms in total. The molecule has 2 saturated carbocycles. The number of hydrogen-bond donors (Lipinski definition) is 1. The summed E-state index contributed by atoms with van der Waals surface area (Å²) in [6, 6.07) is 0. The molecule has 0 bridgehead atoms. The van der Waals surface area contributed by atoms with Crippen molar-refractivity contribution in [1.29, 1.82) is 0 Å². The first-order chi connectivity index (χ1) is 8.56. The van der Waals surface area contributed by atoms with Gasteiger partial charge in [0.05, 0.1) is 6.42 Å². The van der Waals surface area contributed by atoms with Crippen LogP contribution in [0.1, 0.15) is 58.3 Å². The van der Waals surface area contributed by atoms with E-state index in [-0.39, 0.29) is 11.8 Å². The molecule has 2 fully saturated rings. The van der Waals surface area contributed by atoms with Crippen molar-refractivity contribution in [3.63, 3.8) is 0 Å². The van der Waals surface area contributed by atoms with Gasteiger partial charge < -0.3 is 5.11 Å². The molecule has 0 heterocycles. The average Bonchev–Trinajstić information content (AvgIpc) is 3.07. The topological polar surface area (TPSA) is 54.4 Å². The van der Waals surface area contributed by atoms with Gasteiger partial charge in [0.1, 0.15) is 0 Å². The van der Waals surface area contributed by atoms with Crippen LogP contribution in [0, 0.1) is 11.3 Å². The lowest BCUT2D eigenvalue weighted by Crippen LogP contribution is -2.32. The predicted molar refractivity (Wildman–Crippen MR) is 73.0 cm³/mol. The van der Waals surface area contributed by atoms with Crippen molar-refractivity contribution in [2.45, 2.75) is 63.5 Å². The minimum atomic E-state index is -0.823. The van der Waals surface area contributed by atoms with Crippen molar-refractivity contribution >= 4 is 16.8 Å². The highest BCUT2D eigenvalue weighted by Crippen LogP contribution is 2.50. The lowest BCUT2D eigenvalue weighted by atomic mass is 9.87. The molecule has 0 radical (unpaired) electrons. The number of hydrogen-bond acceptors (Lipinski definition) is 2. The fourth-order valence-electron chi connectivity index (χ4n) is 3.27. The van der Waals surface area contributed by atoms with E-state index in [4.69, 9.17) is 5.11 Å². The first kappa shape index (κ1) is 14.0. The van der Waals surface area contributed by atoms with Crippen LogP contribution < -0.4 is 0 Å². The Morgan fingerprint density at radius 3 is 2.56 bits per heavy atom. The van der Waals surface area contributed by atoms with Crippen LogP contribution in [0.3, 0.4) is 0 Å². The molecule has 4 heteroatoms. The monoisotopic (exact) mass is 272 g/mol. The molecular formula is C14H24O3S. The zero-order chi connectivity index (χ0) is 13.2. The molecule has 3 unspecified atom stereocenters. The Labute approximate surface area is 112 Å². The van der Waals surface area contributed by atoms with Gasteiger partial charge in [-0.3, -0.25) is 9.00 Å². The van der Waals surface area contributed by atoms with Crippen LogP contribution in [-0.4, -0.2) is 26.3 Å². The molecule has 3 atom stereocenters. The van der Waals surface area contributed by atoms with Gasteiger partial charge in [0, 0.05) is 21.8 Å². The Morgan fingerprint density at radius 2 is 2.00 bits per heavy atom. The molecule has 2 rings (SSSR count). The van der Waals surface area contributed by atoms with Gasteiger partial charge >= 0.3 is 5.97 Å². The van der Waals surface area contributed by atoms with Gasteiger partial charge in [-0.15, -0.1) is 0 Å². The summed E-state index contributed by atoms with van der Waals surface area (Å²) < 4.78 is 12.5. The second-order valence-electron chi connectivity index (χ2n) is 6.09. The lowest BCUT2D eigenvalue weighted by Gasteiger charge is -2.31. The zero-order valence-corrected chi connectivity index (χ0v) is 12.0. The van der Waals surface area contributed by atoms with Gasteiger partial charge in [-0.05, 0) is 37.0 Å². The minimum absolute atomic E-state index is 0.119. The maximum Gasteiger partial charge on any atom is 0.303 e. The van der Waals surface area contributed by atoms with Crippen LogP contribution in [0.4, 0.5) is 0 Å². The summed E-state index contributed by atoms with van der Waals surface area (Å²) in [5, 5.41) is 9.24. The van der Waals surface area contributed by atoms with Crippen LogP contribution in [0.5, 0.6) is 0 Å². The standard InChI is InChI=1S/C14H24O3S/c1-2-11-5-3-4-6-12(11)18(17)10-14(7-8-14)9-13(15)16/h11-12H,2-10H2,1H3,(H,15,16). The van der Waals surface area contributed by atoms with Crippen molar-refractivity contribution in [2.24, 2.45) is 11.3 Å². The summed E-state index contributed by atoms with van der Waals surface area (Å²) in [4.78, 5) is 10.8. The molecule has 18 heavy (non-hydrogen) atoms. The SMILES string of the molecule is CCC1CCCCC1S(=O)CC1(CC(=O)O)CC1. The maximum atomic E-state index is 12.5. The van der Waals surface area contributed by atoms with Crippen LogP contribution in [0.2, 0.25) is 0 Å². The summed E-state index contributed by atoms with van der Waals surface area (Å²) in [5.74, 6) is 0.487. The van der Waals surface area contributed by atoms with Gasteiger partial charge in [0.25, 0.3) is 0 Å². The summed E-state index contributed by atoms with van der Waals surface area (Å²) in [6.45, 7) is 2.18. The van der Waals surface area contributed by atoms with Crippen LogP contribution in [-0.2, 0) is 15.6 Å². The molecule has 0 spiro atoms. The Bertz CT molecular complexity index is 336. The van der Waals surface area contributed by atoms with E-state index in [0.29, 0.717) is 16.9 Å². The fraction of sp³-hybridized carbons (Fsp3) is 0.929. The number of carbonyl (C=O) groups is 1. The van der Waals surface area contributed by atoms with Crippen molar-refractivity contribution in [3.05, 3.63) is 0 Å². The van der Waals surface area contributed by atoms with Crippen LogP contribution in [0.25, 0.3) is 0 Å². The quantitative estimate of drug-likeness (QED) is 0.808. The van der Waals surface area contributed by atoms with Gasteiger partial charge in [-0.1, -0.05) is 26.2 Å². The third-order valence-electron chi connectivity index (χ3n) is 4.63. The number of aliphatic carboxylic acids is 1. The van der Waals surface area contributed by atoms with Crippen LogP contribution >= 0.6 is 0 Å². The van der Waals surface area contributed by atoms with Crippen molar-refractivity contribution in [2.75, 3.05) is 5.75 Å². The first-order valence-electron chi connectivity index (χ1n) is 7.15.